The molecule has 0 aromatic carbocycles. The number of nitrogens with one attached hydrogen (secondary N) is 1. The molecule has 0 aromatic heterocycles. The minimum absolute atomic E-state index is 0. The number of amides is 1. The quantitative estimate of drug-likeness (QED) is 0.828. The molecule has 2 rings (SSSR count). The van der Waals surface area contributed by atoms with E-state index in [1.54, 1.807) is 0 Å². The third-order valence-corrected chi connectivity index (χ3v) is 4.25. The third kappa shape index (κ3) is 4.77. The van der Waals surface area contributed by atoms with Crippen LogP contribution >= 0.6 is 12.4 Å². The molecule has 1 unspecified atom stereocenters. The van der Waals surface area contributed by atoms with Gasteiger partial charge < -0.3 is 11.1 Å². The van der Waals surface area contributed by atoms with Crippen molar-refractivity contribution in [2.45, 2.75) is 63.8 Å². The number of carbonyl (C=O) groups is 1. The SMILES string of the molecule is Cl.NCC(NC(=O)C1CCCCCCC1)C1CC1. The number of hydrogen-bond acceptors (Lipinski definition) is 2. The van der Waals surface area contributed by atoms with Crippen LogP contribution in [0.2, 0.25) is 0 Å². The fourth-order valence-corrected chi connectivity index (χ4v) is 2.89. The second kappa shape index (κ2) is 8.00. The predicted octanol–water partition coefficient (Wildman–Crippen LogP) is 2.62. The predicted molar refractivity (Wildman–Crippen MR) is 76.8 cm³/mol. The smallest absolute Gasteiger partial charge is 0.223 e. The van der Waals surface area contributed by atoms with Crippen LogP contribution in [0.4, 0.5) is 0 Å². The van der Waals surface area contributed by atoms with Crippen molar-refractivity contribution in [1.29, 1.82) is 0 Å². The van der Waals surface area contributed by atoms with E-state index in [0.29, 0.717) is 12.5 Å². The van der Waals surface area contributed by atoms with Crippen molar-refractivity contribution < 1.29 is 4.79 Å². The van der Waals surface area contributed by atoms with Crippen LogP contribution in [0.15, 0.2) is 0 Å². The highest BCUT2D eigenvalue weighted by molar-refractivity contribution is 5.85. The maximum atomic E-state index is 12.2. The van der Waals surface area contributed by atoms with Gasteiger partial charge in [0, 0.05) is 18.5 Å². The van der Waals surface area contributed by atoms with E-state index in [9.17, 15) is 4.79 Å². The van der Waals surface area contributed by atoms with Gasteiger partial charge in [-0.1, -0.05) is 32.1 Å². The summed E-state index contributed by atoms with van der Waals surface area (Å²) >= 11 is 0. The topological polar surface area (TPSA) is 55.1 Å². The highest BCUT2D eigenvalue weighted by atomic mass is 35.5. The molecule has 3 nitrogen and oxygen atoms in total. The van der Waals surface area contributed by atoms with Crippen LogP contribution < -0.4 is 11.1 Å². The fourth-order valence-electron chi connectivity index (χ4n) is 2.89. The molecule has 0 radical (unpaired) electrons. The Morgan fingerprint density at radius 2 is 1.61 bits per heavy atom. The first-order chi connectivity index (χ1) is 8.31. The minimum atomic E-state index is 0. The molecule has 2 fully saturated rings. The molecule has 0 heterocycles. The molecule has 18 heavy (non-hydrogen) atoms. The van der Waals surface area contributed by atoms with Gasteiger partial charge in [-0.05, 0) is 31.6 Å². The second-order valence-electron chi connectivity index (χ2n) is 5.73. The zero-order valence-corrected chi connectivity index (χ0v) is 12.0. The van der Waals surface area contributed by atoms with Crippen molar-refractivity contribution in [2.24, 2.45) is 17.6 Å². The van der Waals surface area contributed by atoms with Crippen LogP contribution in [0, 0.1) is 11.8 Å². The van der Waals surface area contributed by atoms with E-state index in [-0.39, 0.29) is 30.3 Å². The average Bonchev–Trinajstić information content (AvgIpc) is 3.08. The highest BCUT2D eigenvalue weighted by Crippen LogP contribution is 2.32. The summed E-state index contributed by atoms with van der Waals surface area (Å²) in [6, 6.07) is 0.243. The van der Waals surface area contributed by atoms with E-state index in [4.69, 9.17) is 5.73 Å². The summed E-state index contributed by atoms with van der Waals surface area (Å²) < 4.78 is 0. The molecule has 0 saturated heterocycles. The lowest BCUT2D eigenvalue weighted by atomic mass is 9.90. The molecule has 0 aromatic rings. The van der Waals surface area contributed by atoms with Gasteiger partial charge in [-0.25, -0.2) is 0 Å². The third-order valence-electron chi connectivity index (χ3n) is 4.25. The van der Waals surface area contributed by atoms with Gasteiger partial charge in [0.1, 0.15) is 0 Å². The molecular weight excluding hydrogens is 248 g/mol. The molecule has 0 bridgehead atoms. The molecular formula is C14H27ClN2O. The number of hydrogen-bond donors (Lipinski definition) is 2. The maximum Gasteiger partial charge on any atom is 0.223 e. The summed E-state index contributed by atoms with van der Waals surface area (Å²) in [7, 11) is 0. The lowest BCUT2D eigenvalue weighted by Crippen LogP contribution is -2.44. The van der Waals surface area contributed by atoms with Gasteiger partial charge in [0.25, 0.3) is 0 Å². The van der Waals surface area contributed by atoms with E-state index < -0.39 is 0 Å². The molecule has 1 amide bonds. The summed E-state index contributed by atoms with van der Waals surface area (Å²) in [5, 5.41) is 3.18. The molecule has 106 valence electrons. The number of nitrogens with two attached hydrogens (primary N) is 1. The monoisotopic (exact) mass is 274 g/mol. The Morgan fingerprint density at radius 3 is 2.11 bits per heavy atom. The summed E-state index contributed by atoms with van der Waals surface area (Å²) in [5.41, 5.74) is 5.73. The lowest BCUT2D eigenvalue weighted by Gasteiger charge is -2.23. The Morgan fingerprint density at radius 1 is 1.06 bits per heavy atom. The van der Waals surface area contributed by atoms with Crippen molar-refractivity contribution in [3.05, 3.63) is 0 Å². The Bertz CT molecular complexity index is 248. The van der Waals surface area contributed by atoms with Gasteiger partial charge in [0.2, 0.25) is 5.91 Å². The molecule has 2 aliphatic rings. The number of halogens is 1. The maximum absolute atomic E-state index is 12.2. The molecule has 0 spiro atoms. The highest BCUT2D eigenvalue weighted by Gasteiger charge is 2.32. The van der Waals surface area contributed by atoms with E-state index in [1.807, 2.05) is 0 Å². The molecule has 4 heteroatoms. The van der Waals surface area contributed by atoms with E-state index in [1.165, 1.54) is 44.9 Å². The standard InChI is InChI=1S/C14H26N2O.ClH/c15-10-13(11-8-9-11)16-14(17)12-6-4-2-1-3-5-7-12;/h11-13H,1-10,15H2,(H,16,17);1H. The Hall–Kier alpha value is -0.280. The molecule has 1 atom stereocenters. The van der Waals surface area contributed by atoms with Crippen LogP contribution in [0.25, 0.3) is 0 Å². The molecule has 2 aliphatic carbocycles. The first-order valence-corrected chi connectivity index (χ1v) is 7.31. The Kier molecular flexibility index (Phi) is 7.02. The van der Waals surface area contributed by atoms with E-state index >= 15 is 0 Å². The normalized spacial score (nSPS) is 23.4. The Balaban J connectivity index is 0.00000162. The molecule has 2 saturated carbocycles. The number of rotatable bonds is 4. The number of carbonyl (C=O) groups excluding carboxylic acids is 1. The largest absolute Gasteiger partial charge is 0.352 e. The zero-order chi connectivity index (χ0) is 12.1. The summed E-state index contributed by atoms with van der Waals surface area (Å²) in [6.07, 6.45) is 11.0. The van der Waals surface area contributed by atoms with Gasteiger partial charge in [-0.2, -0.15) is 0 Å². The summed E-state index contributed by atoms with van der Waals surface area (Å²) in [5.74, 6) is 1.19. The lowest BCUT2D eigenvalue weighted by molar-refractivity contribution is -0.126. The van der Waals surface area contributed by atoms with E-state index in [0.717, 1.165) is 12.8 Å². The zero-order valence-electron chi connectivity index (χ0n) is 11.2. The van der Waals surface area contributed by atoms with Crippen LogP contribution in [0.1, 0.15) is 57.8 Å². The van der Waals surface area contributed by atoms with Gasteiger partial charge >= 0.3 is 0 Å². The van der Waals surface area contributed by atoms with Crippen LogP contribution in [-0.4, -0.2) is 18.5 Å². The van der Waals surface area contributed by atoms with Gasteiger partial charge in [0.15, 0.2) is 0 Å². The minimum Gasteiger partial charge on any atom is -0.352 e. The van der Waals surface area contributed by atoms with Gasteiger partial charge in [-0.15, -0.1) is 12.4 Å². The first kappa shape index (κ1) is 15.8. The molecule has 0 aliphatic heterocycles. The van der Waals surface area contributed by atoms with Crippen molar-refractivity contribution in [3.63, 3.8) is 0 Å². The second-order valence-corrected chi connectivity index (χ2v) is 5.73. The average molecular weight is 275 g/mol. The van der Waals surface area contributed by atoms with Crippen molar-refractivity contribution >= 4 is 18.3 Å². The van der Waals surface area contributed by atoms with Gasteiger partial charge in [-0.3, -0.25) is 4.79 Å². The fraction of sp³-hybridized carbons (Fsp3) is 0.929. The first-order valence-electron chi connectivity index (χ1n) is 7.31. The molecule has 3 N–H and O–H groups in total. The van der Waals surface area contributed by atoms with Crippen LogP contribution in [0.5, 0.6) is 0 Å². The van der Waals surface area contributed by atoms with E-state index in [2.05, 4.69) is 5.32 Å². The van der Waals surface area contributed by atoms with Crippen molar-refractivity contribution in [2.75, 3.05) is 6.54 Å². The summed E-state index contributed by atoms with van der Waals surface area (Å²) in [6.45, 7) is 0.600. The van der Waals surface area contributed by atoms with Crippen LogP contribution in [-0.2, 0) is 4.79 Å². The van der Waals surface area contributed by atoms with Crippen molar-refractivity contribution in [1.82, 2.24) is 5.32 Å². The van der Waals surface area contributed by atoms with Crippen molar-refractivity contribution in [3.8, 4) is 0 Å². The van der Waals surface area contributed by atoms with Gasteiger partial charge in [0.05, 0.1) is 0 Å². The van der Waals surface area contributed by atoms with Crippen LogP contribution in [0.3, 0.4) is 0 Å². The summed E-state index contributed by atoms with van der Waals surface area (Å²) in [4.78, 5) is 12.2. The Labute approximate surface area is 117 Å².